The van der Waals surface area contributed by atoms with Gasteiger partial charge in [0.1, 0.15) is 0 Å². The maximum atomic E-state index is 12.4. The zero-order valence-electron chi connectivity index (χ0n) is 11.0. The van der Waals surface area contributed by atoms with E-state index in [0.717, 1.165) is 17.7 Å². The van der Waals surface area contributed by atoms with Crippen LogP contribution in [0.25, 0.3) is 0 Å². The second-order valence-corrected chi connectivity index (χ2v) is 4.85. The van der Waals surface area contributed by atoms with Crippen molar-refractivity contribution < 1.29 is 18.0 Å². The molecule has 1 amide bonds. The van der Waals surface area contributed by atoms with E-state index in [1.807, 2.05) is 0 Å². The van der Waals surface area contributed by atoms with Crippen LogP contribution < -0.4 is 0 Å². The summed E-state index contributed by atoms with van der Waals surface area (Å²) in [4.78, 5) is 14.9. The Balaban J connectivity index is 1.90. The third-order valence-corrected chi connectivity index (χ3v) is 3.41. The second kappa shape index (κ2) is 5.83. The molecule has 1 aliphatic rings. The lowest BCUT2D eigenvalue weighted by atomic mass is 10.1. The van der Waals surface area contributed by atoms with Gasteiger partial charge in [-0.1, -0.05) is 12.1 Å². The molecule has 0 spiro atoms. The zero-order valence-corrected chi connectivity index (χ0v) is 11.0. The highest BCUT2D eigenvalue weighted by Crippen LogP contribution is 2.29. The number of carbonyl (C=O) groups is 1. The van der Waals surface area contributed by atoms with Crippen LogP contribution in [0.1, 0.15) is 11.1 Å². The number of amides is 1. The smallest absolute Gasteiger partial charge is 0.340 e. The highest BCUT2D eigenvalue weighted by Gasteiger charge is 2.30. The van der Waals surface area contributed by atoms with Gasteiger partial charge in [-0.15, -0.1) is 0 Å². The van der Waals surface area contributed by atoms with Gasteiger partial charge in [-0.2, -0.15) is 13.2 Å². The Kier molecular flexibility index (Phi) is 4.32. The van der Waals surface area contributed by atoms with E-state index < -0.39 is 11.7 Å². The molecule has 0 saturated carbocycles. The summed E-state index contributed by atoms with van der Waals surface area (Å²) in [5, 5.41) is 0. The molecule has 1 saturated heterocycles. The van der Waals surface area contributed by atoms with Crippen molar-refractivity contribution >= 4 is 5.91 Å². The fourth-order valence-corrected chi connectivity index (χ4v) is 2.21. The van der Waals surface area contributed by atoms with Gasteiger partial charge in [0.2, 0.25) is 5.91 Å². The van der Waals surface area contributed by atoms with E-state index in [0.29, 0.717) is 32.7 Å². The molecular formula is C14H16F3N2O. The van der Waals surface area contributed by atoms with Crippen molar-refractivity contribution in [1.82, 2.24) is 9.80 Å². The highest BCUT2D eigenvalue weighted by atomic mass is 19.4. The molecule has 1 heterocycles. The second-order valence-electron chi connectivity index (χ2n) is 4.85. The summed E-state index contributed by atoms with van der Waals surface area (Å²) in [5.41, 5.74) is 0.209. The minimum atomic E-state index is -4.29. The number of benzene rings is 1. The molecule has 0 N–H and O–H groups in total. The summed E-state index contributed by atoms with van der Waals surface area (Å²) in [6.45, 7) is 6.61. The number of alkyl halides is 3. The molecule has 0 unspecified atom stereocenters. The van der Waals surface area contributed by atoms with Gasteiger partial charge in [-0.05, 0) is 17.7 Å². The van der Waals surface area contributed by atoms with E-state index in [9.17, 15) is 18.0 Å². The topological polar surface area (TPSA) is 23.6 Å². The fraction of sp³-hybridized carbons (Fsp3) is 0.429. The first kappa shape index (κ1) is 14.8. The molecule has 1 radical (unpaired) electrons. The van der Waals surface area contributed by atoms with Gasteiger partial charge >= 0.3 is 6.18 Å². The molecule has 1 aromatic carbocycles. The number of carbonyl (C=O) groups excluding carboxylic acids is 1. The van der Waals surface area contributed by atoms with Crippen LogP contribution in [-0.4, -0.2) is 41.9 Å². The van der Waals surface area contributed by atoms with Crippen molar-refractivity contribution in [1.29, 1.82) is 0 Å². The van der Waals surface area contributed by atoms with Crippen LogP contribution in [0.4, 0.5) is 13.2 Å². The van der Waals surface area contributed by atoms with Crippen LogP contribution in [-0.2, 0) is 17.5 Å². The van der Waals surface area contributed by atoms with Crippen LogP contribution >= 0.6 is 0 Å². The SMILES string of the molecule is [CH2]C(=O)N1CCN(Cc2ccc(C(F)(F)F)cc2)CC1. The summed E-state index contributed by atoms with van der Waals surface area (Å²) in [6, 6.07) is 5.21. The molecule has 3 nitrogen and oxygen atoms in total. The summed E-state index contributed by atoms with van der Waals surface area (Å²) < 4.78 is 37.3. The Labute approximate surface area is 116 Å². The number of rotatable bonds is 2. The average Bonchev–Trinajstić information content (AvgIpc) is 2.39. The molecule has 0 aromatic heterocycles. The quantitative estimate of drug-likeness (QED) is 0.831. The number of hydrogen-bond acceptors (Lipinski definition) is 2. The first-order chi connectivity index (χ1) is 9.36. The molecule has 0 atom stereocenters. The molecule has 20 heavy (non-hydrogen) atoms. The molecule has 0 bridgehead atoms. The minimum absolute atomic E-state index is 0.181. The molecule has 109 valence electrons. The normalized spacial score (nSPS) is 17.3. The summed E-state index contributed by atoms with van der Waals surface area (Å²) >= 11 is 0. The molecule has 0 aliphatic carbocycles. The number of piperazine rings is 1. The first-order valence-electron chi connectivity index (χ1n) is 6.35. The van der Waals surface area contributed by atoms with Crippen molar-refractivity contribution in [2.24, 2.45) is 0 Å². The zero-order chi connectivity index (χ0) is 14.8. The van der Waals surface area contributed by atoms with E-state index in [1.165, 1.54) is 12.1 Å². The third-order valence-electron chi connectivity index (χ3n) is 3.41. The van der Waals surface area contributed by atoms with Crippen molar-refractivity contribution in [3.63, 3.8) is 0 Å². The van der Waals surface area contributed by atoms with Crippen molar-refractivity contribution in [3.05, 3.63) is 42.3 Å². The van der Waals surface area contributed by atoms with E-state index >= 15 is 0 Å². The highest BCUT2D eigenvalue weighted by molar-refractivity contribution is 5.80. The van der Waals surface area contributed by atoms with Crippen LogP contribution in [0.5, 0.6) is 0 Å². The lowest BCUT2D eigenvalue weighted by Gasteiger charge is -2.34. The maximum Gasteiger partial charge on any atom is 0.416 e. The number of hydrogen-bond donors (Lipinski definition) is 0. The Bertz CT molecular complexity index is 462. The molecule has 1 fully saturated rings. The molecule has 1 aliphatic heterocycles. The lowest BCUT2D eigenvalue weighted by molar-refractivity contribution is -0.137. The van der Waals surface area contributed by atoms with Crippen LogP contribution in [0.2, 0.25) is 0 Å². The maximum absolute atomic E-state index is 12.4. The standard InChI is InChI=1S/C14H16F3N2O/c1-11(20)19-8-6-18(7-9-19)10-12-2-4-13(5-3-12)14(15,16)17/h2-5H,1,6-10H2. The largest absolute Gasteiger partial charge is 0.416 e. The Morgan fingerprint density at radius 1 is 1.10 bits per heavy atom. The van der Waals surface area contributed by atoms with E-state index in [-0.39, 0.29) is 5.91 Å². The van der Waals surface area contributed by atoms with Gasteiger partial charge in [0, 0.05) is 39.6 Å². The van der Waals surface area contributed by atoms with Crippen molar-refractivity contribution in [2.75, 3.05) is 26.2 Å². The predicted molar refractivity (Wildman–Crippen MR) is 68.7 cm³/mol. The van der Waals surface area contributed by atoms with Gasteiger partial charge in [-0.3, -0.25) is 9.69 Å². The molecule has 6 heteroatoms. The Morgan fingerprint density at radius 3 is 2.10 bits per heavy atom. The van der Waals surface area contributed by atoms with E-state index in [1.54, 1.807) is 4.90 Å². The van der Waals surface area contributed by atoms with Crippen LogP contribution in [0.3, 0.4) is 0 Å². The van der Waals surface area contributed by atoms with E-state index in [2.05, 4.69) is 11.8 Å². The van der Waals surface area contributed by atoms with Gasteiger partial charge in [0.15, 0.2) is 0 Å². The van der Waals surface area contributed by atoms with Crippen LogP contribution in [0, 0.1) is 6.92 Å². The third kappa shape index (κ3) is 3.72. The summed E-state index contributed by atoms with van der Waals surface area (Å²) in [6.07, 6.45) is -4.29. The van der Waals surface area contributed by atoms with Crippen molar-refractivity contribution in [3.8, 4) is 0 Å². The average molecular weight is 285 g/mol. The summed E-state index contributed by atoms with van der Waals surface area (Å²) in [7, 11) is 0. The van der Waals surface area contributed by atoms with E-state index in [4.69, 9.17) is 0 Å². The first-order valence-corrected chi connectivity index (χ1v) is 6.35. The molecule has 2 rings (SSSR count). The number of nitrogens with zero attached hydrogens (tertiary/aromatic N) is 2. The molecular weight excluding hydrogens is 269 g/mol. The molecule has 1 aromatic rings. The fourth-order valence-electron chi connectivity index (χ4n) is 2.21. The van der Waals surface area contributed by atoms with Crippen molar-refractivity contribution in [2.45, 2.75) is 12.7 Å². The Morgan fingerprint density at radius 2 is 1.65 bits per heavy atom. The van der Waals surface area contributed by atoms with Gasteiger partial charge in [0.05, 0.1) is 5.56 Å². The number of halogens is 3. The van der Waals surface area contributed by atoms with Gasteiger partial charge < -0.3 is 4.90 Å². The summed E-state index contributed by atoms with van der Waals surface area (Å²) in [5.74, 6) is -0.181. The van der Waals surface area contributed by atoms with Gasteiger partial charge in [0.25, 0.3) is 0 Å². The van der Waals surface area contributed by atoms with Crippen LogP contribution in [0.15, 0.2) is 24.3 Å². The minimum Gasteiger partial charge on any atom is -0.340 e. The monoisotopic (exact) mass is 285 g/mol. The predicted octanol–water partition coefficient (Wildman–Crippen LogP) is 2.18. The van der Waals surface area contributed by atoms with Gasteiger partial charge in [-0.25, -0.2) is 0 Å². The lowest BCUT2D eigenvalue weighted by Crippen LogP contribution is -2.47. The Hall–Kier alpha value is -1.56.